The number of nitrogens with one attached hydrogen (secondary N) is 3. The van der Waals surface area contributed by atoms with Crippen LogP contribution in [0.25, 0.3) is 10.9 Å². The SMILES string of the molecule is CN[C@@H](C)C(=O)N[C@H](C(=O)N1CC[C@H]2CC[C@H](NC(=O)c3cccc4cccnc34)[C@H]21)C(C)(C)C. The smallest absolute Gasteiger partial charge is 0.253 e. The predicted molar refractivity (Wildman–Crippen MR) is 136 cm³/mol. The Balaban J connectivity index is 1.54. The molecule has 0 spiro atoms. The Kier molecular flexibility index (Phi) is 7.12. The number of para-hydroxylation sites is 1. The lowest BCUT2D eigenvalue weighted by atomic mass is 9.85. The minimum atomic E-state index is -0.649. The van der Waals surface area contributed by atoms with E-state index in [1.54, 1.807) is 26.2 Å². The maximum atomic E-state index is 13.8. The van der Waals surface area contributed by atoms with Crippen molar-refractivity contribution in [3.05, 3.63) is 42.1 Å². The number of rotatable bonds is 6. The molecule has 2 aliphatic rings. The van der Waals surface area contributed by atoms with Gasteiger partial charge in [-0.15, -0.1) is 0 Å². The van der Waals surface area contributed by atoms with Gasteiger partial charge in [0.1, 0.15) is 6.04 Å². The molecule has 1 aromatic carbocycles. The van der Waals surface area contributed by atoms with E-state index in [4.69, 9.17) is 0 Å². The normalized spacial score (nSPS) is 23.6. The van der Waals surface area contributed by atoms with E-state index >= 15 is 0 Å². The number of fused-ring (bicyclic) bond motifs is 2. The molecule has 35 heavy (non-hydrogen) atoms. The lowest BCUT2D eigenvalue weighted by molar-refractivity contribution is -0.141. The van der Waals surface area contributed by atoms with Crippen molar-refractivity contribution in [2.45, 2.75) is 71.1 Å². The van der Waals surface area contributed by atoms with Gasteiger partial charge in [-0.25, -0.2) is 0 Å². The first kappa shape index (κ1) is 25.1. The summed E-state index contributed by atoms with van der Waals surface area (Å²) in [5, 5.41) is 10.0. The Hall–Kier alpha value is -3.00. The summed E-state index contributed by atoms with van der Waals surface area (Å²) in [4.78, 5) is 46.1. The van der Waals surface area contributed by atoms with Crippen LogP contribution in [0.5, 0.6) is 0 Å². The maximum Gasteiger partial charge on any atom is 0.253 e. The molecule has 1 saturated heterocycles. The largest absolute Gasteiger partial charge is 0.347 e. The van der Waals surface area contributed by atoms with Crippen molar-refractivity contribution < 1.29 is 14.4 Å². The van der Waals surface area contributed by atoms with Crippen LogP contribution in [0.4, 0.5) is 0 Å². The molecule has 2 fully saturated rings. The molecule has 0 unspecified atom stereocenters. The summed E-state index contributed by atoms with van der Waals surface area (Å²) >= 11 is 0. The molecule has 188 valence electrons. The van der Waals surface area contributed by atoms with E-state index in [1.165, 1.54) is 0 Å². The van der Waals surface area contributed by atoms with Gasteiger partial charge in [-0.1, -0.05) is 39.0 Å². The highest BCUT2D eigenvalue weighted by Crippen LogP contribution is 2.39. The Morgan fingerprint density at radius 2 is 1.83 bits per heavy atom. The van der Waals surface area contributed by atoms with Crippen LogP contribution >= 0.6 is 0 Å². The van der Waals surface area contributed by atoms with E-state index in [-0.39, 0.29) is 29.8 Å². The Bertz CT molecular complexity index is 1110. The first-order valence-corrected chi connectivity index (χ1v) is 12.5. The Morgan fingerprint density at radius 1 is 1.09 bits per heavy atom. The van der Waals surface area contributed by atoms with Gasteiger partial charge in [0.05, 0.1) is 23.2 Å². The first-order valence-electron chi connectivity index (χ1n) is 12.5. The van der Waals surface area contributed by atoms with Gasteiger partial charge in [-0.05, 0) is 56.7 Å². The van der Waals surface area contributed by atoms with Crippen molar-refractivity contribution in [3.63, 3.8) is 0 Å². The molecule has 3 N–H and O–H groups in total. The molecule has 0 radical (unpaired) electrons. The Morgan fingerprint density at radius 3 is 2.54 bits per heavy atom. The average Bonchev–Trinajstić information content (AvgIpc) is 3.43. The van der Waals surface area contributed by atoms with Gasteiger partial charge in [-0.3, -0.25) is 19.4 Å². The summed E-state index contributed by atoms with van der Waals surface area (Å²) in [5.74, 6) is -0.0869. The van der Waals surface area contributed by atoms with Crippen LogP contribution in [-0.4, -0.2) is 65.4 Å². The second kappa shape index (κ2) is 9.93. The highest BCUT2D eigenvalue weighted by molar-refractivity contribution is 6.05. The summed E-state index contributed by atoms with van der Waals surface area (Å²) in [6.07, 6.45) is 4.40. The van der Waals surface area contributed by atoms with Gasteiger partial charge in [0, 0.05) is 24.2 Å². The van der Waals surface area contributed by atoms with E-state index in [1.807, 2.05) is 49.9 Å². The summed E-state index contributed by atoms with van der Waals surface area (Å²) in [6, 6.07) is 8.15. The van der Waals surface area contributed by atoms with Crippen LogP contribution in [0.2, 0.25) is 0 Å². The predicted octanol–water partition coefficient (Wildman–Crippen LogP) is 2.48. The number of benzene rings is 1. The molecule has 2 aromatic rings. The molecular formula is C27H37N5O3. The second-order valence-corrected chi connectivity index (χ2v) is 10.9. The van der Waals surface area contributed by atoms with Crippen molar-refractivity contribution in [2.75, 3.05) is 13.6 Å². The zero-order chi connectivity index (χ0) is 25.3. The quantitative estimate of drug-likeness (QED) is 0.591. The third kappa shape index (κ3) is 5.03. The number of pyridine rings is 1. The van der Waals surface area contributed by atoms with Crippen LogP contribution in [-0.2, 0) is 9.59 Å². The van der Waals surface area contributed by atoms with Crippen LogP contribution in [0, 0.1) is 11.3 Å². The molecular weight excluding hydrogens is 442 g/mol. The molecule has 1 saturated carbocycles. The third-order valence-electron chi connectivity index (χ3n) is 7.55. The molecule has 2 heterocycles. The van der Waals surface area contributed by atoms with Crippen molar-refractivity contribution in [3.8, 4) is 0 Å². The van der Waals surface area contributed by atoms with E-state index in [2.05, 4.69) is 20.9 Å². The molecule has 0 bridgehead atoms. The lowest BCUT2D eigenvalue weighted by Crippen LogP contribution is -2.60. The van der Waals surface area contributed by atoms with E-state index in [9.17, 15) is 14.4 Å². The van der Waals surface area contributed by atoms with Crippen LogP contribution < -0.4 is 16.0 Å². The number of carbonyl (C=O) groups excluding carboxylic acids is 3. The van der Waals surface area contributed by atoms with Crippen LogP contribution in [0.1, 0.15) is 57.3 Å². The number of aromatic nitrogens is 1. The summed E-state index contributed by atoms with van der Waals surface area (Å²) < 4.78 is 0. The minimum absolute atomic E-state index is 0.0714. The summed E-state index contributed by atoms with van der Waals surface area (Å²) in [5.41, 5.74) is 0.767. The minimum Gasteiger partial charge on any atom is -0.347 e. The lowest BCUT2D eigenvalue weighted by Gasteiger charge is -2.38. The van der Waals surface area contributed by atoms with E-state index < -0.39 is 17.5 Å². The molecule has 3 amide bonds. The van der Waals surface area contributed by atoms with Gasteiger partial charge in [0.2, 0.25) is 11.8 Å². The molecule has 4 rings (SSSR count). The van der Waals surface area contributed by atoms with Crippen LogP contribution in [0.15, 0.2) is 36.5 Å². The van der Waals surface area contributed by atoms with Gasteiger partial charge < -0.3 is 20.9 Å². The molecule has 5 atom stereocenters. The molecule has 1 aliphatic carbocycles. The van der Waals surface area contributed by atoms with Crippen molar-refractivity contribution >= 4 is 28.6 Å². The number of nitrogens with zero attached hydrogens (tertiary/aromatic N) is 2. The van der Waals surface area contributed by atoms with Gasteiger partial charge in [0.25, 0.3) is 5.91 Å². The van der Waals surface area contributed by atoms with Gasteiger partial charge in [0.15, 0.2) is 0 Å². The van der Waals surface area contributed by atoms with Gasteiger partial charge >= 0.3 is 0 Å². The van der Waals surface area contributed by atoms with Crippen LogP contribution in [0.3, 0.4) is 0 Å². The number of hydrogen-bond acceptors (Lipinski definition) is 5. The van der Waals surface area contributed by atoms with E-state index in [0.717, 1.165) is 24.6 Å². The van der Waals surface area contributed by atoms with Crippen molar-refractivity contribution in [1.82, 2.24) is 25.8 Å². The number of hydrogen-bond donors (Lipinski definition) is 3. The fourth-order valence-electron chi connectivity index (χ4n) is 5.47. The Labute approximate surface area is 207 Å². The topological polar surface area (TPSA) is 103 Å². The van der Waals surface area contributed by atoms with E-state index in [0.29, 0.717) is 23.5 Å². The summed E-state index contributed by atoms with van der Waals surface area (Å²) in [6.45, 7) is 8.31. The van der Waals surface area contributed by atoms with Gasteiger partial charge in [-0.2, -0.15) is 0 Å². The third-order valence-corrected chi connectivity index (χ3v) is 7.55. The first-order chi connectivity index (χ1) is 16.6. The standard InChI is InChI=1S/C27H37N5O3/c1-16(28-5)24(33)31-23(27(2,3)4)26(35)32-15-13-18-11-12-20(22(18)32)30-25(34)19-10-6-8-17-9-7-14-29-21(17)19/h6-10,14,16,18,20,22-23,28H,11-13,15H2,1-5H3,(H,30,34)(H,31,33)/t16-,18+,20-,22-,23+/m0/s1. The molecule has 1 aromatic heterocycles. The van der Waals surface area contributed by atoms with Crippen molar-refractivity contribution in [2.24, 2.45) is 11.3 Å². The number of likely N-dealkylation sites (tertiary alicyclic amines) is 1. The number of carbonyl (C=O) groups is 3. The number of amides is 3. The average molecular weight is 480 g/mol. The highest BCUT2D eigenvalue weighted by atomic mass is 16.2. The monoisotopic (exact) mass is 479 g/mol. The maximum absolute atomic E-state index is 13.8. The molecule has 8 heteroatoms. The highest BCUT2D eigenvalue weighted by Gasteiger charge is 2.49. The zero-order valence-corrected chi connectivity index (χ0v) is 21.3. The number of likely N-dealkylation sites (N-methyl/N-ethyl adjacent to an activating group) is 1. The second-order valence-electron chi connectivity index (χ2n) is 10.9. The fourth-order valence-corrected chi connectivity index (χ4v) is 5.47. The molecule has 1 aliphatic heterocycles. The molecule has 8 nitrogen and oxygen atoms in total. The fraction of sp³-hybridized carbons (Fsp3) is 0.556. The zero-order valence-electron chi connectivity index (χ0n) is 21.3. The summed E-state index contributed by atoms with van der Waals surface area (Å²) in [7, 11) is 1.72. The van der Waals surface area contributed by atoms with Crippen molar-refractivity contribution in [1.29, 1.82) is 0 Å².